The molecule has 0 radical (unpaired) electrons. The Morgan fingerprint density at radius 1 is 1.00 bits per heavy atom. The molecule has 0 unspecified atom stereocenters. The van der Waals surface area contributed by atoms with Gasteiger partial charge in [0, 0.05) is 32.3 Å². The molecule has 7 heteroatoms. The maximum atomic E-state index is 12.9. The highest BCUT2D eigenvalue weighted by molar-refractivity contribution is 7.89. The number of halogens is 1. The number of carbonyl (C=O) groups excluding carboxylic acids is 1. The lowest BCUT2D eigenvalue weighted by molar-refractivity contribution is -0.127. The maximum absolute atomic E-state index is 12.9. The van der Waals surface area contributed by atoms with E-state index >= 15 is 0 Å². The molecular formula is C22H25FN2O3S. The summed E-state index contributed by atoms with van der Waals surface area (Å²) in [5.74, 6) is -0.513. The van der Waals surface area contributed by atoms with Crippen LogP contribution in [0, 0.1) is 5.82 Å². The number of carbonyl (C=O) groups is 1. The van der Waals surface area contributed by atoms with Crippen LogP contribution in [0.15, 0.2) is 59.5 Å². The number of amides is 1. The van der Waals surface area contributed by atoms with Gasteiger partial charge in [0.15, 0.2) is 0 Å². The summed E-state index contributed by atoms with van der Waals surface area (Å²) in [5.41, 5.74) is 1.85. The summed E-state index contributed by atoms with van der Waals surface area (Å²) in [4.78, 5) is 14.3. The molecular weight excluding hydrogens is 391 g/mol. The number of nitrogens with zero attached hydrogens (tertiary/aromatic N) is 2. The number of sulfonamides is 1. The summed E-state index contributed by atoms with van der Waals surface area (Å²) in [6.45, 7) is 3.27. The van der Waals surface area contributed by atoms with Crippen molar-refractivity contribution in [2.24, 2.45) is 0 Å². The molecule has 0 spiro atoms. The number of piperazine rings is 1. The van der Waals surface area contributed by atoms with Crippen LogP contribution >= 0.6 is 0 Å². The highest BCUT2D eigenvalue weighted by Gasteiger charge is 2.29. The van der Waals surface area contributed by atoms with Crippen LogP contribution < -0.4 is 0 Å². The molecule has 1 amide bonds. The maximum Gasteiger partial charge on any atom is 0.246 e. The summed E-state index contributed by atoms with van der Waals surface area (Å²) in [5, 5.41) is 0. The van der Waals surface area contributed by atoms with Gasteiger partial charge >= 0.3 is 0 Å². The molecule has 0 aliphatic carbocycles. The van der Waals surface area contributed by atoms with E-state index in [0.29, 0.717) is 13.1 Å². The first-order valence-electron chi connectivity index (χ1n) is 9.72. The number of rotatable bonds is 6. The van der Waals surface area contributed by atoms with E-state index in [1.54, 1.807) is 35.2 Å². The second kappa shape index (κ2) is 9.33. The predicted molar refractivity (Wildman–Crippen MR) is 111 cm³/mol. The summed E-state index contributed by atoms with van der Waals surface area (Å²) in [7, 11) is -3.56. The lowest BCUT2D eigenvalue weighted by Gasteiger charge is -2.33. The fraction of sp³-hybridized carbons (Fsp3) is 0.318. The van der Waals surface area contributed by atoms with Crippen molar-refractivity contribution in [3.63, 3.8) is 0 Å². The Morgan fingerprint density at radius 3 is 2.21 bits per heavy atom. The average Bonchev–Trinajstić information content (AvgIpc) is 2.74. The quantitative estimate of drug-likeness (QED) is 0.679. The zero-order valence-electron chi connectivity index (χ0n) is 16.4. The molecule has 0 N–H and O–H groups in total. The van der Waals surface area contributed by atoms with Crippen molar-refractivity contribution in [2.45, 2.75) is 24.7 Å². The number of benzene rings is 2. The van der Waals surface area contributed by atoms with Gasteiger partial charge in [-0.3, -0.25) is 4.79 Å². The minimum absolute atomic E-state index is 0.185. The molecule has 1 saturated heterocycles. The molecule has 2 aromatic rings. The minimum atomic E-state index is -3.56. The van der Waals surface area contributed by atoms with Crippen molar-refractivity contribution < 1.29 is 17.6 Å². The number of hydrogen-bond donors (Lipinski definition) is 0. The Bertz CT molecular complexity index is 962. The molecule has 5 nitrogen and oxygen atoms in total. The van der Waals surface area contributed by atoms with Crippen LogP contribution in [0.1, 0.15) is 24.5 Å². The largest absolute Gasteiger partial charge is 0.337 e. The first-order chi connectivity index (χ1) is 13.9. The number of aryl methyl sites for hydroxylation is 1. The zero-order valence-corrected chi connectivity index (χ0v) is 17.2. The number of hydrogen-bond acceptors (Lipinski definition) is 3. The topological polar surface area (TPSA) is 57.7 Å². The smallest absolute Gasteiger partial charge is 0.246 e. The first-order valence-corrected chi connectivity index (χ1v) is 11.2. The monoisotopic (exact) mass is 416 g/mol. The van der Waals surface area contributed by atoms with E-state index in [0.717, 1.165) is 24.0 Å². The third-order valence-corrected chi connectivity index (χ3v) is 6.85. The van der Waals surface area contributed by atoms with Crippen LogP contribution in [0.3, 0.4) is 0 Å². The van der Waals surface area contributed by atoms with Crippen LogP contribution in [0.2, 0.25) is 0 Å². The van der Waals surface area contributed by atoms with Gasteiger partial charge in [0.1, 0.15) is 5.82 Å². The van der Waals surface area contributed by atoms with Crippen molar-refractivity contribution in [2.75, 3.05) is 26.2 Å². The normalized spacial score (nSPS) is 15.7. The van der Waals surface area contributed by atoms with E-state index in [1.807, 2.05) is 12.1 Å². The SMILES string of the molecule is CCCc1ccc(S(=O)(=O)N2CCN(C(=O)C=Cc3ccc(F)cc3)CC2)cc1. The van der Waals surface area contributed by atoms with Crippen molar-refractivity contribution >= 4 is 22.0 Å². The lowest BCUT2D eigenvalue weighted by Crippen LogP contribution is -2.50. The van der Waals surface area contributed by atoms with Gasteiger partial charge in [-0.2, -0.15) is 4.31 Å². The van der Waals surface area contributed by atoms with Crippen LogP contribution in [0.4, 0.5) is 4.39 Å². The first kappa shape index (κ1) is 21.2. The van der Waals surface area contributed by atoms with Gasteiger partial charge in [0.2, 0.25) is 15.9 Å². The summed E-state index contributed by atoms with van der Waals surface area (Å²) in [6, 6.07) is 12.9. The zero-order chi connectivity index (χ0) is 20.9. The van der Waals surface area contributed by atoms with Crippen molar-refractivity contribution in [3.05, 3.63) is 71.6 Å². The van der Waals surface area contributed by atoms with Gasteiger partial charge < -0.3 is 4.90 Å². The molecule has 1 aliphatic heterocycles. The lowest BCUT2D eigenvalue weighted by atomic mass is 10.1. The van der Waals surface area contributed by atoms with Crippen molar-refractivity contribution in [3.8, 4) is 0 Å². The van der Waals surface area contributed by atoms with Crippen LogP contribution in [0.5, 0.6) is 0 Å². The van der Waals surface area contributed by atoms with Gasteiger partial charge in [-0.15, -0.1) is 0 Å². The van der Waals surface area contributed by atoms with E-state index in [1.165, 1.54) is 22.5 Å². The summed E-state index contributed by atoms with van der Waals surface area (Å²) in [6.07, 6.45) is 5.00. The average molecular weight is 417 g/mol. The van der Waals surface area contributed by atoms with E-state index in [2.05, 4.69) is 6.92 Å². The highest BCUT2D eigenvalue weighted by atomic mass is 32.2. The van der Waals surface area contributed by atoms with Crippen molar-refractivity contribution in [1.29, 1.82) is 0 Å². The third-order valence-electron chi connectivity index (χ3n) is 4.94. The summed E-state index contributed by atoms with van der Waals surface area (Å²) >= 11 is 0. The third kappa shape index (κ3) is 5.31. The Hall–Kier alpha value is -2.51. The van der Waals surface area contributed by atoms with Gasteiger partial charge in [0.25, 0.3) is 0 Å². The second-order valence-electron chi connectivity index (χ2n) is 7.01. The van der Waals surface area contributed by atoms with E-state index in [9.17, 15) is 17.6 Å². The van der Waals surface area contributed by atoms with E-state index in [4.69, 9.17) is 0 Å². The van der Waals surface area contributed by atoms with Gasteiger partial charge in [0.05, 0.1) is 4.90 Å². The standard InChI is InChI=1S/C22H25FN2O3S/c1-2-3-18-6-11-21(12-7-18)29(27,28)25-16-14-24(15-17-25)22(26)13-8-19-4-9-20(23)10-5-19/h4-13H,2-3,14-17H2,1H3. The Morgan fingerprint density at radius 2 is 1.62 bits per heavy atom. The second-order valence-corrected chi connectivity index (χ2v) is 8.95. The molecule has 1 fully saturated rings. The predicted octanol–water partition coefficient (Wildman–Crippen LogP) is 3.32. The molecule has 154 valence electrons. The van der Waals surface area contributed by atoms with Gasteiger partial charge in [-0.1, -0.05) is 37.6 Å². The molecule has 29 heavy (non-hydrogen) atoms. The molecule has 1 aliphatic rings. The van der Waals surface area contributed by atoms with Crippen LogP contribution in [-0.4, -0.2) is 49.7 Å². The molecule has 0 aromatic heterocycles. The van der Waals surface area contributed by atoms with Crippen LogP contribution in [0.25, 0.3) is 6.08 Å². The van der Waals surface area contributed by atoms with E-state index in [-0.39, 0.29) is 29.7 Å². The van der Waals surface area contributed by atoms with Crippen molar-refractivity contribution in [1.82, 2.24) is 9.21 Å². The molecule has 3 rings (SSSR count). The molecule has 0 atom stereocenters. The minimum Gasteiger partial charge on any atom is -0.337 e. The Labute approximate surface area is 171 Å². The highest BCUT2D eigenvalue weighted by Crippen LogP contribution is 2.19. The van der Waals surface area contributed by atoms with Gasteiger partial charge in [-0.05, 0) is 47.9 Å². The molecule has 0 saturated carbocycles. The van der Waals surface area contributed by atoms with Crippen LogP contribution in [-0.2, 0) is 21.2 Å². The van der Waals surface area contributed by atoms with E-state index < -0.39 is 10.0 Å². The Balaban J connectivity index is 1.58. The molecule has 2 aromatic carbocycles. The molecule has 1 heterocycles. The molecule has 0 bridgehead atoms. The fourth-order valence-corrected chi connectivity index (χ4v) is 4.68. The van der Waals surface area contributed by atoms with Gasteiger partial charge in [-0.25, -0.2) is 12.8 Å². The summed E-state index contributed by atoms with van der Waals surface area (Å²) < 4.78 is 40.1. The fourth-order valence-electron chi connectivity index (χ4n) is 3.26. The Kier molecular flexibility index (Phi) is 6.82.